The summed E-state index contributed by atoms with van der Waals surface area (Å²) in [5, 5.41) is 10.5. The van der Waals surface area contributed by atoms with Crippen molar-refractivity contribution >= 4 is 27.7 Å². The van der Waals surface area contributed by atoms with Gasteiger partial charge in [-0.3, -0.25) is 14.5 Å². The number of imide groups is 1. The quantitative estimate of drug-likeness (QED) is 0.831. The van der Waals surface area contributed by atoms with E-state index in [9.17, 15) is 14.7 Å². The van der Waals surface area contributed by atoms with E-state index < -0.39 is 11.7 Å². The first-order chi connectivity index (χ1) is 9.42. The number of amides is 2. The predicted molar refractivity (Wildman–Crippen MR) is 74.5 cm³/mol. The number of carbonyl (C=O) groups is 2. The second kappa shape index (κ2) is 4.65. The largest absolute Gasteiger partial charge is 0.385 e. The van der Waals surface area contributed by atoms with E-state index in [0.717, 1.165) is 9.37 Å². The molecule has 0 saturated carbocycles. The Labute approximate surface area is 124 Å². The molecule has 5 nitrogen and oxygen atoms in total. The number of carbonyl (C=O) groups excluding carboxylic acids is 2. The molecule has 2 aliphatic rings. The van der Waals surface area contributed by atoms with E-state index in [1.807, 2.05) is 0 Å². The Bertz CT molecular complexity index is 603. The maximum Gasteiger partial charge on any atom is 0.261 e. The summed E-state index contributed by atoms with van der Waals surface area (Å²) in [6.07, 6.45) is 0.0317. The lowest BCUT2D eigenvalue weighted by Gasteiger charge is -2.29. The fraction of sp³-hybridized carbons (Fsp3) is 0.429. The van der Waals surface area contributed by atoms with Crippen LogP contribution < -0.4 is 0 Å². The van der Waals surface area contributed by atoms with E-state index >= 15 is 0 Å². The monoisotopic (exact) mass is 339 g/mol. The number of hydrogen-bond acceptors (Lipinski definition) is 4. The van der Waals surface area contributed by atoms with Crippen molar-refractivity contribution in [2.45, 2.75) is 25.0 Å². The zero-order chi connectivity index (χ0) is 14.5. The Morgan fingerprint density at radius 1 is 1.40 bits per heavy atom. The molecular formula is C14H14BrNO4. The first-order valence-electron chi connectivity index (χ1n) is 6.42. The highest BCUT2D eigenvalue weighted by molar-refractivity contribution is 9.10. The average Bonchev–Trinajstić information content (AvgIpc) is 2.84. The Balaban J connectivity index is 1.90. The van der Waals surface area contributed by atoms with Crippen LogP contribution in [-0.4, -0.2) is 46.7 Å². The molecule has 3 rings (SSSR count). The molecule has 1 saturated heterocycles. The molecule has 0 aromatic heterocycles. The summed E-state index contributed by atoms with van der Waals surface area (Å²) in [7, 11) is 0. The number of hydrogen-bond donors (Lipinski definition) is 1. The number of nitrogens with zero attached hydrogens (tertiary/aromatic N) is 1. The van der Waals surface area contributed by atoms with Gasteiger partial charge in [-0.2, -0.15) is 0 Å². The van der Waals surface area contributed by atoms with Gasteiger partial charge in [-0.1, -0.05) is 15.9 Å². The van der Waals surface area contributed by atoms with Gasteiger partial charge in [-0.15, -0.1) is 0 Å². The van der Waals surface area contributed by atoms with Crippen LogP contribution in [-0.2, 0) is 4.74 Å². The molecule has 2 amide bonds. The summed E-state index contributed by atoms with van der Waals surface area (Å²) < 4.78 is 6.08. The molecule has 1 aromatic carbocycles. The lowest BCUT2D eigenvalue weighted by atomic mass is 9.96. The highest BCUT2D eigenvalue weighted by Gasteiger charge is 2.46. The van der Waals surface area contributed by atoms with Gasteiger partial charge in [0.15, 0.2) is 0 Å². The van der Waals surface area contributed by atoms with Crippen LogP contribution in [0.4, 0.5) is 0 Å². The number of benzene rings is 1. The third-order valence-corrected chi connectivity index (χ3v) is 4.52. The molecule has 2 atom stereocenters. The molecule has 2 heterocycles. The van der Waals surface area contributed by atoms with Crippen molar-refractivity contribution < 1.29 is 19.4 Å². The van der Waals surface area contributed by atoms with E-state index in [1.165, 1.54) is 0 Å². The molecule has 0 bridgehead atoms. The van der Waals surface area contributed by atoms with Crippen molar-refractivity contribution in [3.05, 3.63) is 33.8 Å². The highest BCUT2D eigenvalue weighted by Crippen LogP contribution is 2.31. The summed E-state index contributed by atoms with van der Waals surface area (Å²) in [4.78, 5) is 25.7. The van der Waals surface area contributed by atoms with Crippen LogP contribution in [0, 0.1) is 0 Å². The Hall–Kier alpha value is -1.24. The number of aliphatic hydroxyl groups is 1. The summed E-state index contributed by atoms with van der Waals surface area (Å²) >= 11 is 3.29. The topological polar surface area (TPSA) is 66.8 Å². The SMILES string of the molecule is CC1OCCC1(O)CN1C(=O)c2ccc(Br)cc2C1=O. The second-order valence-electron chi connectivity index (χ2n) is 5.25. The van der Waals surface area contributed by atoms with Crippen LogP contribution in [0.2, 0.25) is 0 Å². The number of fused-ring (bicyclic) bond motifs is 1. The molecule has 1 aromatic rings. The summed E-state index contributed by atoms with van der Waals surface area (Å²) in [6, 6.07) is 4.98. The van der Waals surface area contributed by atoms with Crippen LogP contribution >= 0.6 is 15.9 Å². The van der Waals surface area contributed by atoms with Crippen molar-refractivity contribution in [2.75, 3.05) is 13.2 Å². The van der Waals surface area contributed by atoms with Crippen molar-refractivity contribution in [2.24, 2.45) is 0 Å². The van der Waals surface area contributed by atoms with Crippen molar-refractivity contribution in [1.29, 1.82) is 0 Å². The second-order valence-corrected chi connectivity index (χ2v) is 6.17. The lowest BCUT2D eigenvalue weighted by molar-refractivity contribution is -0.0405. The molecule has 6 heteroatoms. The number of rotatable bonds is 2. The standard InChI is InChI=1S/C14H14BrNO4/c1-8-14(19,4-5-20-8)7-16-12(17)10-3-2-9(15)6-11(10)13(16)18/h2-3,6,8,19H,4-5,7H2,1H3. The third kappa shape index (κ3) is 1.99. The molecule has 0 aliphatic carbocycles. The number of β-amino-alcohol motifs (C(OH)–C–C–N with tert-alkyl or cyclic N) is 1. The van der Waals surface area contributed by atoms with Gasteiger partial charge in [-0.25, -0.2) is 0 Å². The number of halogens is 1. The van der Waals surface area contributed by atoms with Gasteiger partial charge in [0.25, 0.3) is 11.8 Å². The average molecular weight is 340 g/mol. The Morgan fingerprint density at radius 3 is 2.75 bits per heavy atom. The molecular weight excluding hydrogens is 326 g/mol. The Kier molecular flexibility index (Phi) is 3.19. The normalized spacial score (nSPS) is 29.1. The van der Waals surface area contributed by atoms with Crippen molar-refractivity contribution in [1.82, 2.24) is 4.90 Å². The molecule has 20 heavy (non-hydrogen) atoms. The van der Waals surface area contributed by atoms with Gasteiger partial charge in [0.1, 0.15) is 5.60 Å². The highest BCUT2D eigenvalue weighted by atomic mass is 79.9. The van der Waals surface area contributed by atoms with Crippen LogP contribution in [0.15, 0.2) is 22.7 Å². The van der Waals surface area contributed by atoms with Crippen LogP contribution in [0.3, 0.4) is 0 Å². The molecule has 0 spiro atoms. The van der Waals surface area contributed by atoms with E-state index in [4.69, 9.17) is 4.74 Å². The first-order valence-corrected chi connectivity index (χ1v) is 7.21. The third-order valence-electron chi connectivity index (χ3n) is 4.02. The summed E-state index contributed by atoms with van der Waals surface area (Å²) in [5.74, 6) is -0.719. The fourth-order valence-corrected chi connectivity index (χ4v) is 3.02. The maximum absolute atomic E-state index is 12.3. The molecule has 2 unspecified atom stereocenters. The van der Waals surface area contributed by atoms with Gasteiger partial charge in [0.05, 0.1) is 23.8 Å². The van der Waals surface area contributed by atoms with Gasteiger partial charge < -0.3 is 9.84 Å². The smallest absolute Gasteiger partial charge is 0.261 e. The van der Waals surface area contributed by atoms with Crippen LogP contribution in [0.5, 0.6) is 0 Å². The summed E-state index contributed by atoms with van der Waals surface area (Å²) in [5.41, 5.74) is -0.405. The zero-order valence-corrected chi connectivity index (χ0v) is 12.5. The van der Waals surface area contributed by atoms with Gasteiger partial charge in [-0.05, 0) is 25.1 Å². The van der Waals surface area contributed by atoms with E-state index in [1.54, 1.807) is 25.1 Å². The van der Waals surface area contributed by atoms with Gasteiger partial charge in [0.2, 0.25) is 0 Å². The fourth-order valence-electron chi connectivity index (χ4n) is 2.66. The number of ether oxygens (including phenoxy) is 1. The maximum atomic E-state index is 12.3. The zero-order valence-electron chi connectivity index (χ0n) is 10.9. The van der Waals surface area contributed by atoms with Crippen LogP contribution in [0.1, 0.15) is 34.1 Å². The predicted octanol–water partition coefficient (Wildman–Crippen LogP) is 1.58. The van der Waals surface area contributed by atoms with Gasteiger partial charge >= 0.3 is 0 Å². The molecule has 0 radical (unpaired) electrons. The summed E-state index contributed by atoms with van der Waals surface area (Å²) in [6.45, 7) is 2.16. The van der Waals surface area contributed by atoms with E-state index in [-0.39, 0.29) is 18.4 Å². The van der Waals surface area contributed by atoms with E-state index in [2.05, 4.69) is 15.9 Å². The van der Waals surface area contributed by atoms with Crippen molar-refractivity contribution in [3.63, 3.8) is 0 Å². The minimum absolute atomic E-state index is 0.0296. The molecule has 2 aliphatic heterocycles. The Morgan fingerprint density at radius 2 is 2.10 bits per heavy atom. The minimum atomic E-state index is -1.16. The van der Waals surface area contributed by atoms with Crippen LogP contribution in [0.25, 0.3) is 0 Å². The molecule has 1 fully saturated rings. The first kappa shape index (κ1) is 13.7. The van der Waals surface area contributed by atoms with E-state index in [0.29, 0.717) is 24.2 Å². The molecule has 106 valence electrons. The lowest BCUT2D eigenvalue weighted by Crippen LogP contribution is -2.49. The minimum Gasteiger partial charge on any atom is -0.385 e. The van der Waals surface area contributed by atoms with Crippen molar-refractivity contribution in [3.8, 4) is 0 Å². The van der Waals surface area contributed by atoms with Gasteiger partial charge in [0, 0.05) is 17.5 Å². The molecule has 1 N–H and O–H groups in total.